The van der Waals surface area contributed by atoms with Crippen molar-refractivity contribution < 1.29 is 8.42 Å². The molecule has 2 aromatic carbocycles. The lowest BCUT2D eigenvalue weighted by molar-refractivity contribution is 0.600. The Morgan fingerprint density at radius 2 is 1.57 bits per heavy atom. The fourth-order valence-electron chi connectivity index (χ4n) is 2.61. The Balaban J connectivity index is 2.54. The van der Waals surface area contributed by atoms with Crippen LogP contribution in [0.15, 0.2) is 39.7 Å². The number of sulfonamides is 1. The Kier molecular flexibility index (Phi) is 5.53. The lowest BCUT2D eigenvalue weighted by Crippen LogP contribution is -2.17. The predicted molar refractivity (Wildman–Crippen MR) is 99.6 cm³/mol. The first kappa shape index (κ1) is 18.0. The van der Waals surface area contributed by atoms with Crippen LogP contribution in [0.5, 0.6) is 0 Å². The largest absolute Gasteiger partial charge is 0.279 e. The second-order valence-corrected chi connectivity index (χ2v) is 8.14. The minimum Gasteiger partial charge on any atom is -0.279 e. The fraction of sp³-hybridized carbons (Fsp3) is 0.333. The van der Waals surface area contributed by atoms with E-state index < -0.39 is 10.0 Å². The standard InChI is InChI=1S/C18H22BrNO2S/c1-5-14-8-7-9-15(6-2)18(14)20-23(21,22)17-11-12(3)16(19)10-13(17)4/h7-11,20H,5-6H2,1-4H3. The average Bonchev–Trinajstić information content (AvgIpc) is 2.50. The summed E-state index contributed by atoms with van der Waals surface area (Å²) in [4.78, 5) is 0.325. The van der Waals surface area contributed by atoms with Gasteiger partial charge in [0.05, 0.1) is 10.6 Å². The Morgan fingerprint density at radius 1 is 1.00 bits per heavy atom. The van der Waals surface area contributed by atoms with Gasteiger partial charge in [-0.1, -0.05) is 48.0 Å². The van der Waals surface area contributed by atoms with Crippen molar-refractivity contribution in [3.05, 3.63) is 57.1 Å². The molecule has 0 saturated heterocycles. The highest BCUT2D eigenvalue weighted by Gasteiger charge is 2.20. The molecular weight excluding hydrogens is 374 g/mol. The van der Waals surface area contributed by atoms with Crippen molar-refractivity contribution >= 4 is 31.6 Å². The smallest absolute Gasteiger partial charge is 0.262 e. The van der Waals surface area contributed by atoms with Crippen molar-refractivity contribution in [2.24, 2.45) is 0 Å². The van der Waals surface area contributed by atoms with Gasteiger partial charge in [0.2, 0.25) is 0 Å². The molecule has 2 aromatic rings. The maximum Gasteiger partial charge on any atom is 0.262 e. The maximum atomic E-state index is 12.9. The molecule has 0 aromatic heterocycles. The monoisotopic (exact) mass is 395 g/mol. The average molecular weight is 396 g/mol. The second-order valence-electron chi connectivity index (χ2n) is 5.63. The van der Waals surface area contributed by atoms with Gasteiger partial charge in [-0.3, -0.25) is 4.72 Å². The van der Waals surface area contributed by atoms with E-state index in [0.717, 1.165) is 45.3 Å². The number of anilines is 1. The summed E-state index contributed by atoms with van der Waals surface area (Å²) in [5, 5.41) is 0. The first-order valence-electron chi connectivity index (χ1n) is 7.70. The summed E-state index contributed by atoms with van der Waals surface area (Å²) < 4.78 is 29.5. The molecule has 2 rings (SSSR count). The molecule has 1 N–H and O–H groups in total. The number of para-hydroxylation sites is 1. The summed E-state index contributed by atoms with van der Waals surface area (Å²) in [6.07, 6.45) is 1.56. The Labute approximate surface area is 147 Å². The third-order valence-corrected chi connectivity index (χ3v) is 6.33. The molecule has 0 heterocycles. The van der Waals surface area contributed by atoms with Crippen molar-refractivity contribution in [3.8, 4) is 0 Å². The molecule has 0 aliphatic carbocycles. The van der Waals surface area contributed by atoms with Crippen LogP contribution < -0.4 is 4.72 Å². The SMILES string of the molecule is CCc1cccc(CC)c1NS(=O)(=O)c1cc(C)c(Br)cc1C. The maximum absolute atomic E-state index is 12.9. The number of hydrogen-bond donors (Lipinski definition) is 1. The molecule has 0 amide bonds. The van der Waals surface area contributed by atoms with Crippen LogP contribution in [0.1, 0.15) is 36.1 Å². The summed E-state index contributed by atoms with van der Waals surface area (Å²) in [7, 11) is -3.62. The van der Waals surface area contributed by atoms with Gasteiger partial charge >= 0.3 is 0 Å². The van der Waals surface area contributed by atoms with E-state index >= 15 is 0 Å². The molecule has 0 fully saturated rings. The second kappa shape index (κ2) is 7.05. The lowest BCUT2D eigenvalue weighted by atomic mass is 10.0. The van der Waals surface area contributed by atoms with Crippen LogP contribution in [0.4, 0.5) is 5.69 Å². The molecule has 0 aliphatic heterocycles. The summed E-state index contributed by atoms with van der Waals surface area (Å²) in [6.45, 7) is 7.76. The van der Waals surface area contributed by atoms with Gasteiger partial charge in [-0.2, -0.15) is 0 Å². The van der Waals surface area contributed by atoms with Crippen LogP contribution in [0, 0.1) is 13.8 Å². The van der Waals surface area contributed by atoms with E-state index in [1.165, 1.54) is 0 Å². The topological polar surface area (TPSA) is 46.2 Å². The molecule has 0 bridgehead atoms. The lowest BCUT2D eigenvalue weighted by Gasteiger charge is -2.17. The van der Waals surface area contributed by atoms with E-state index in [-0.39, 0.29) is 0 Å². The molecule has 23 heavy (non-hydrogen) atoms. The highest BCUT2D eigenvalue weighted by molar-refractivity contribution is 9.10. The van der Waals surface area contributed by atoms with Gasteiger partial charge < -0.3 is 0 Å². The molecule has 0 spiro atoms. The zero-order valence-corrected chi connectivity index (χ0v) is 16.3. The number of nitrogens with one attached hydrogen (secondary N) is 1. The summed E-state index contributed by atoms with van der Waals surface area (Å²) in [5.41, 5.74) is 4.37. The normalized spacial score (nSPS) is 11.5. The number of rotatable bonds is 5. The van der Waals surface area contributed by atoms with Gasteiger partial charge in [-0.25, -0.2) is 8.42 Å². The number of aryl methyl sites for hydroxylation is 4. The number of benzene rings is 2. The van der Waals surface area contributed by atoms with Gasteiger partial charge in [0.15, 0.2) is 0 Å². The van der Waals surface area contributed by atoms with E-state index in [9.17, 15) is 8.42 Å². The number of halogens is 1. The molecule has 0 atom stereocenters. The molecule has 0 radical (unpaired) electrons. The van der Waals surface area contributed by atoms with E-state index in [0.29, 0.717) is 4.90 Å². The van der Waals surface area contributed by atoms with E-state index in [1.54, 1.807) is 6.07 Å². The quantitative estimate of drug-likeness (QED) is 0.774. The first-order valence-corrected chi connectivity index (χ1v) is 9.98. The van der Waals surface area contributed by atoms with Crippen LogP contribution in [-0.4, -0.2) is 8.42 Å². The highest BCUT2D eigenvalue weighted by Crippen LogP contribution is 2.29. The molecule has 5 heteroatoms. The molecule has 0 saturated carbocycles. The van der Waals surface area contributed by atoms with E-state index in [1.807, 2.05) is 52.0 Å². The van der Waals surface area contributed by atoms with Crippen LogP contribution in [0.3, 0.4) is 0 Å². The zero-order chi connectivity index (χ0) is 17.2. The first-order chi connectivity index (χ1) is 10.8. The van der Waals surface area contributed by atoms with Crippen molar-refractivity contribution in [2.45, 2.75) is 45.4 Å². The van der Waals surface area contributed by atoms with Gasteiger partial charge in [0.1, 0.15) is 0 Å². The predicted octanol–water partition coefficient (Wildman–Crippen LogP) is 4.99. The number of hydrogen-bond acceptors (Lipinski definition) is 2. The van der Waals surface area contributed by atoms with Crippen LogP contribution in [0.25, 0.3) is 0 Å². The van der Waals surface area contributed by atoms with Crippen molar-refractivity contribution in [3.63, 3.8) is 0 Å². The fourth-order valence-corrected chi connectivity index (χ4v) is 4.52. The van der Waals surface area contributed by atoms with Crippen LogP contribution in [0.2, 0.25) is 0 Å². The summed E-state index contributed by atoms with van der Waals surface area (Å²) >= 11 is 3.44. The molecule has 0 aliphatic rings. The molecule has 3 nitrogen and oxygen atoms in total. The van der Waals surface area contributed by atoms with Crippen molar-refractivity contribution in [2.75, 3.05) is 4.72 Å². The molecule has 124 valence electrons. The Morgan fingerprint density at radius 3 is 2.09 bits per heavy atom. The Bertz CT molecular complexity index is 807. The Hall–Kier alpha value is -1.33. The van der Waals surface area contributed by atoms with Crippen molar-refractivity contribution in [1.82, 2.24) is 0 Å². The minimum atomic E-state index is -3.62. The summed E-state index contributed by atoms with van der Waals surface area (Å²) in [6, 6.07) is 9.47. The van der Waals surface area contributed by atoms with Gasteiger partial charge in [-0.15, -0.1) is 0 Å². The molecule has 0 unspecified atom stereocenters. The van der Waals surface area contributed by atoms with Gasteiger partial charge in [0, 0.05) is 4.47 Å². The van der Waals surface area contributed by atoms with E-state index in [4.69, 9.17) is 0 Å². The third kappa shape index (κ3) is 3.78. The van der Waals surface area contributed by atoms with E-state index in [2.05, 4.69) is 20.7 Å². The zero-order valence-electron chi connectivity index (χ0n) is 13.9. The van der Waals surface area contributed by atoms with Gasteiger partial charge in [-0.05, 0) is 61.1 Å². The highest BCUT2D eigenvalue weighted by atomic mass is 79.9. The molecular formula is C18H22BrNO2S. The summed E-state index contributed by atoms with van der Waals surface area (Å²) in [5.74, 6) is 0. The third-order valence-electron chi connectivity index (χ3n) is 3.98. The van der Waals surface area contributed by atoms with Crippen LogP contribution >= 0.6 is 15.9 Å². The van der Waals surface area contributed by atoms with Crippen molar-refractivity contribution in [1.29, 1.82) is 0 Å². The van der Waals surface area contributed by atoms with Gasteiger partial charge in [0.25, 0.3) is 10.0 Å². The van der Waals surface area contributed by atoms with Crippen LogP contribution in [-0.2, 0) is 22.9 Å². The minimum absolute atomic E-state index is 0.325.